The number of rotatable bonds is 5. The number of nitrogens with zero attached hydrogens (tertiary/aromatic N) is 3. The molecule has 1 aliphatic heterocycles. The highest BCUT2D eigenvalue weighted by Gasteiger charge is 2.15. The zero-order chi connectivity index (χ0) is 24.4. The topological polar surface area (TPSA) is 76.6 Å². The maximum atomic E-state index is 14.5. The van der Waals surface area contributed by atoms with Gasteiger partial charge in [-0.2, -0.15) is 0 Å². The van der Waals surface area contributed by atoms with Gasteiger partial charge in [-0.3, -0.25) is 9.78 Å². The molecule has 4 aromatic rings. The van der Waals surface area contributed by atoms with Crippen molar-refractivity contribution in [1.82, 2.24) is 9.97 Å². The summed E-state index contributed by atoms with van der Waals surface area (Å²) in [6.45, 7) is 2.70. The Morgan fingerprint density at radius 3 is 2.63 bits per heavy atom. The Morgan fingerprint density at radius 1 is 1.00 bits per heavy atom. The number of carbonyl (C=O) groups excluding carboxylic acids is 1. The van der Waals surface area contributed by atoms with Crippen LogP contribution in [0.4, 0.5) is 20.3 Å². The van der Waals surface area contributed by atoms with E-state index in [1.165, 1.54) is 30.3 Å². The summed E-state index contributed by atoms with van der Waals surface area (Å²) in [7, 11) is 0. The molecule has 0 spiro atoms. The second-order valence-electron chi connectivity index (χ2n) is 7.81. The zero-order valence-electron chi connectivity index (χ0n) is 18.3. The SMILES string of the molecule is O=C(Nc1ccc(F)c(Oc2ccc3ncc(N4CCOCC4)nc3c2)c1)c1ccc(Cl)c(F)c1. The summed E-state index contributed by atoms with van der Waals surface area (Å²) in [5.74, 6) is -0.913. The van der Waals surface area contributed by atoms with Gasteiger partial charge in [-0.15, -0.1) is 0 Å². The number of amides is 1. The Kier molecular flexibility index (Phi) is 6.43. The van der Waals surface area contributed by atoms with E-state index in [0.29, 0.717) is 30.0 Å². The van der Waals surface area contributed by atoms with Crippen molar-refractivity contribution in [1.29, 1.82) is 0 Å². The highest BCUT2D eigenvalue weighted by molar-refractivity contribution is 6.30. The molecular formula is C25H19ClF2N4O3. The third-order valence-electron chi connectivity index (χ3n) is 5.43. The smallest absolute Gasteiger partial charge is 0.255 e. The minimum atomic E-state index is -0.710. The molecule has 0 radical (unpaired) electrons. The summed E-state index contributed by atoms with van der Waals surface area (Å²) < 4.78 is 39.3. The third-order valence-corrected chi connectivity index (χ3v) is 5.74. The lowest BCUT2D eigenvalue weighted by atomic mass is 10.2. The molecule has 178 valence electrons. The number of aromatic nitrogens is 2. The fourth-order valence-corrected chi connectivity index (χ4v) is 3.73. The van der Waals surface area contributed by atoms with Gasteiger partial charge in [0.1, 0.15) is 17.4 Å². The Balaban J connectivity index is 1.36. The standard InChI is InChI=1S/C25H19ClF2N4O3/c26-18-4-1-15(11-20(18)28)25(33)30-16-2-5-19(27)23(12-16)35-17-3-6-21-22(13-17)31-24(14-29-21)32-7-9-34-10-8-32/h1-6,11-14H,7-10H2,(H,30,33). The number of carbonyl (C=O) groups is 1. The van der Waals surface area contributed by atoms with Gasteiger partial charge >= 0.3 is 0 Å². The van der Waals surface area contributed by atoms with E-state index in [2.05, 4.69) is 20.2 Å². The first-order valence-electron chi connectivity index (χ1n) is 10.8. The number of nitrogens with one attached hydrogen (secondary N) is 1. The van der Waals surface area contributed by atoms with Gasteiger partial charge in [0.2, 0.25) is 0 Å². The number of hydrogen-bond donors (Lipinski definition) is 1. The first-order chi connectivity index (χ1) is 17.0. The summed E-state index contributed by atoms with van der Waals surface area (Å²) in [6, 6.07) is 12.7. The normalized spacial score (nSPS) is 13.6. The van der Waals surface area contributed by atoms with Crippen LogP contribution in [0.3, 0.4) is 0 Å². The molecule has 0 saturated carbocycles. The maximum Gasteiger partial charge on any atom is 0.255 e. The summed E-state index contributed by atoms with van der Waals surface area (Å²) in [5, 5.41) is 2.51. The van der Waals surface area contributed by atoms with Crippen molar-refractivity contribution < 1.29 is 23.0 Å². The van der Waals surface area contributed by atoms with Crippen molar-refractivity contribution >= 4 is 40.0 Å². The van der Waals surface area contributed by atoms with Crippen LogP contribution in [-0.2, 0) is 4.74 Å². The predicted octanol–water partition coefficient (Wildman–Crippen LogP) is 5.44. The number of halogens is 3. The summed E-state index contributed by atoms with van der Waals surface area (Å²) >= 11 is 5.66. The maximum absolute atomic E-state index is 14.5. The van der Waals surface area contributed by atoms with Gasteiger partial charge in [0.25, 0.3) is 5.91 Å². The highest BCUT2D eigenvalue weighted by Crippen LogP contribution is 2.30. The molecule has 35 heavy (non-hydrogen) atoms. The number of benzene rings is 3. The van der Waals surface area contributed by atoms with Gasteiger partial charge < -0.3 is 19.7 Å². The van der Waals surface area contributed by atoms with Gasteiger partial charge in [-0.1, -0.05) is 11.6 Å². The summed E-state index contributed by atoms with van der Waals surface area (Å²) in [6.07, 6.45) is 1.71. The molecule has 0 atom stereocenters. The van der Waals surface area contributed by atoms with Crippen molar-refractivity contribution in [2.24, 2.45) is 0 Å². The second kappa shape index (κ2) is 9.81. The monoisotopic (exact) mass is 496 g/mol. The molecule has 10 heteroatoms. The van der Waals surface area contributed by atoms with Crippen LogP contribution >= 0.6 is 11.6 Å². The summed E-state index contributed by atoms with van der Waals surface area (Å²) in [4.78, 5) is 23.7. The molecule has 2 heterocycles. The molecule has 1 amide bonds. The fourth-order valence-electron chi connectivity index (χ4n) is 3.62. The van der Waals surface area contributed by atoms with Crippen LogP contribution in [-0.4, -0.2) is 42.2 Å². The first kappa shape index (κ1) is 22.9. The van der Waals surface area contributed by atoms with Crippen LogP contribution in [0.5, 0.6) is 11.5 Å². The minimum Gasteiger partial charge on any atom is -0.454 e. The number of fused-ring (bicyclic) bond motifs is 1. The molecule has 1 aromatic heterocycles. The molecule has 7 nitrogen and oxygen atoms in total. The molecule has 0 unspecified atom stereocenters. The predicted molar refractivity (Wildman–Crippen MR) is 128 cm³/mol. The lowest BCUT2D eigenvalue weighted by Gasteiger charge is -2.27. The van der Waals surface area contributed by atoms with Crippen molar-refractivity contribution in [2.75, 3.05) is 36.5 Å². The van der Waals surface area contributed by atoms with Crippen LogP contribution in [0, 0.1) is 11.6 Å². The van der Waals surface area contributed by atoms with E-state index < -0.39 is 17.5 Å². The van der Waals surface area contributed by atoms with E-state index >= 15 is 0 Å². The zero-order valence-corrected chi connectivity index (χ0v) is 19.1. The van der Waals surface area contributed by atoms with E-state index in [4.69, 9.17) is 21.1 Å². The van der Waals surface area contributed by atoms with E-state index in [1.807, 2.05) is 0 Å². The second-order valence-corrected chi connectivity index (χ2v) is 8.22. The molecule has 1 saturated heterocycles. The molecular weight excluding hydrogens is 478 g/mol. The number of hydrogen-bond acceptors (Lipinski definition) is 6. The lowest BCUT2D eigenvalue weighted by molar-refractivity contribution is 0.102. The van der Waals surface area contributed by atoms with Crippen LogP contribution in [0.2, 0.25) is 5.02 Å². The molecule has 1 aliphatic rings. The third kappa shape index (κ3) is 5.16. The molecule has 1 fully saturated rings. The van der Waals surface area contributed by atoms with E-state index in [0.717, 1.165) is 25.0 Å². The quantitative estimate of drug-likeness (QED) is 0.396. The van der Waals surface area contributed by atoms with Crippen molar-refractivity contribution in [2.45, 2.75) is 0 Å². The van der Waals surface area contributed by atoms with E-state index in [9.17, 15) is 13.6 Å². The van der Waals surface area contributed by atoms with Crippen molar-refractivity contribution in [3.05, 3.63) is 83.0 Å². The minimum absolute atomic E-state index is 0.0721. The van der Waals surface area contributed by atoms with Crippen molar-refractivity contribution in [3.63, 3.8) is 0 Å². The molecule has 1 N–H and O–H groups in total. The number of anilines is 2. The first-order valence-corrected chi connectivity index (χ1v) is 11.2. The average Bonchev–Trinajstić information content (AvgIpc) is 2.87. The summed E-state index contributed by atoms with van der Waals surface area (Å²) in [5.41, 5.74) is 1.62. The van der Waals surface area contributed by atoms with E-state index in [-0.39, 0.29) is 22.0 Å². The van der Waals surface area contributed by atoms with Crippen LogP contribution in [0.15, 0.2) is 60.8 Å². The largest absolute Gasteiger partial charge is 0.454 e. The van der Waals surface area contributed by atoms with Gasteiger partial charge in [0.15, 0.2) is 11.6 Å². The molecule has 0 bridgehead atoms. The fraction of sp³-hybridized carbons (Fsp3) is 0.160. The lowest BCUT2D eigenvalue weighted by Crippen LogP contribution is -2.36. The van der Waals surface area contributed by atoms with Gasteiger partial charge in [-0.25, -0.2) is 13.8 Å². The molecule has 3 aromatic carbocycles. The Morgan fingerprint density at radius 2 is 1.83 bits per heavy atom. The van der Waals surface area contributed by atoms with Crippen LogP contribution < -0.4 is 15.0 Å². The molecule has 5 rings (SSSR count). The van der Waals surface area contributed by atoms with E-state index in [1.54, 1.807) is 24.4 Å². The Bertz CT molecular complexity index is 1410. The van der Waals surface area contributed by atoms with Gasteiger partial charge in [-0.05, 0) is 42.5 Å². The van der Waals surface area contributed by atoms with Gasteiger partial charge in [0, 0.05) is 36.5 Å². The Hall–Kier alpha value is -3.82. The number of morpholine rings is 1. The van der Waals surface area contributed by atoms with Gasteiger partial charge in [0.05, 0.1) is 35.5 Å². The highest BCUT2D eigenvalue weighted by atomic mass is 35.5. The van der Waals surface area contributed by atoms with Crippen LogP contribution in [0.25, 0.3) is 11.0 Å². The number of ether oxygens (including phenoxy) is 2. The van der Waals surface area contributed by atoms with Crippen LogP contribution in [0.1, 0.15) is 10.4 Å². The Labute approximate surface area is 204 Å². The molecule has 0 aliphatic carbocycles. The average molecular weight is 497 g/mol. The van der Waals surface area contributed by atoms with Crippen molar-refractivity contribution in [3.8, 4) is 11.5 Å².